The van der Waals surface area contributed by atoms with Crippen molar-refractivity contribution in [2.24, 2.45) is 0 Å². The van der Waals surface area contributed by atoms with E-state index in [2.05, 4.69) is 77.1 Å². The van der Waals surface area contributed by atoms with E-state index in [-0.39, 0.29) is 10.8 Å². The normalized spacial score (nSPS) is 17.5. The van der Waals surface area contributed by atoms with E-state index in [4.69, 9.17) is 4.74 Å². The Kier molecular flexibility index (Phi) is 5.39. The molecule has 0 aliphatic heterocycles. The monoisotopic (exact) mass is 373 g/mol. The summed E-state index contributed by atoms with van der Waals surface area (Å²) in [6, 6.07) is 15.1. The molecule has 146 valence electrons. The lowest BCUT2D eigenvalue weighted by molar-refractivity contribution is 0.274. The highest BCUT2D eigenvalue weighted by atomic mass is 16.5. The van der Waals surface area contributed by atoms with E-state index in [1.807, 2.05) is 13.0 Å². The summed E-state index contributed by atoms with van der Waals surface area (Å²) < 4.78 is 6.48. The number of aryl methyl sites for hydroxylation is 1. The van der Waals surface area contributed by atoms with Crippen LogP contribution in [0.1, 0.15) is 75.3 Å². The number of hydrogen-bond acceptors (Lipinski definition) is 2. The summed E-state index contributed by atoms with van der Waals surface area (Å²) in [4.78, 5) is 0. The van der Waals surface area contributed by atoms with Crippen molar-refractivity contribution in [1.82, 2.24) is 0 Å². The van der Waals surface area contributed by atoms with Crippen LogP contribution in [-0.4, -0.2) is 0 Å². The maximum Gasteiger partial charge on any atom is 0.132 e. The second kappa shape index (κ2) is 7.47. The van der Waals surface area contributed by atoms with E-state index in [1.54, 1.807) is 0 Å². The Morgan fingerprint density at radius 1 is 1.04 bits per heavy atom. The molecule has 2 aromatic carbocycles. The van der Waals surface area contributed by atoms with Gasteiger partial charge in [-0.15, -0.1) is 0 Å². The fourth-order valence-corrected chi connectivity index (χ4v) is 4.19. The molecule has 0 spiro atoms. The highest BCUT2D eigenvalue weighted by Crippen LogP contribution is 2.51. The first-order valence-electron chi connectivity index (χ1n) is 10.1. The molecule has 0 N–H and O–H groups in total. The maximum atomic E-state index is 9.68. The molecule has 2 nitrogen and oxygen atoms in total. The molecule has 0 amide bonds. The van der Waals surface area contributed by atoms with Crippen LogP contribution in [0.3, 0.4) is 0 Å². The highest BCUT2D eigenvalue weighted by molar-refractivity contribution is 5.82. The number of hydrogen-bond donors (Lipinski definition) is 0. The quantitative estimate of drug-likeness (QED) is 0.549. The van der Waals surface area contributed by atoms with Gasteiger partial charge in [0.25, 0.3) is 0 Å². The summed E-state index contributed by atoms with van der Waals surface area (Å²) in [6.07, 6.45) is 4.13. The molecule has 0 fully saturated rings. The lowest BCUT2D eigenvalue weighted by atomic mass is 9.62. The van der Waals surface area contributed by atoms with Crippen molar-refractivity contribution >= 4 is 5.57 Å². The molecule has 3 rings (SSSR count). The number of allylic oxidation sites excluding steroid dienone is 2. The molecule has 0 radical (unpaired) electrons. The van der Waals surface area contributed by atoms with Crippen molar-refractivity contribution in [3.05, 3.63) is 70.3 Å². The van der Waals surface area contributed by atoms with Crippen LogP contribution in [0, 0.1) is 18.3 Å². The first-order valence-corrected chi connectivity index (χ1v) is 10.1. The van der Waals surface area contributed by atoms with E-state index >= 15 is 0 Å². The van der Waals surface area contributed by atoms with Crippen LogP contribution < -0.4 is 4.74 Å². The number of nitriles is 1. The Morgan fingerprint density at radius 2 is 1.68 bits per heavy atom. The van der Waals surface area contributed by atoms with Crippen LogP contribution >= 0.6 is 0 Å². The average Bonchev–Trinajstić information content (AvgIpc) is 2.66. The third-order valence-corrected chi connectivity index (χ3v) is 6.14. The first kappa shape index (κ1) is 20.2. The Labute approximate surface area is 169 Å². The predicted octanol–water partition coefficient (Wildman–Crippen LogP) is 6.85. The summed E-state index contributed by atoms with van der Waals surface area (Å²) in [5, 5.41) is 9.68. The third kappa shape index (κ3) is 3.72. The lowest BCUT2D eigenvalue weighted by Crippen LogP contribution is -2.34. The minimum atomic E-state index is 0.0117. The second-order valence-electron chi connectivity index (χ2n) is 9.22. The van der Waals surface area contributed by atoms with Gasteiger partial charge in [0, 0.05) is 11.1 Å². The van der Waals surface area contributed by atoms with E-state index in [0.29, 0.717) is 12.2 Å². The van der Waals surface area contributed by atoms with Crippen LogP contribution in [0.15, 0.2) is 42.5 Å². The molecule has 0 saturated carbocycles. The topological polar surface area (TPSA) is 33.0 Å². The molecule has 2 heteroatoms. The molecule has 1 aliphatic rings. The van der Waals surface area contributed by atoms with Crippen LogP contribution in [0.2, 0.25) is 0 Å². The zero-order valence-corrected chi connectivity index (χ0v) is 18.0. The fourth-order valence-electron chi connectivity index (χ4n) is 4.19. The number of fused-ring (bicyclic) bond motifs is 1. The summed E-state index contributed by atoms with van der Waals surface area (Å²) in [6.45, 7) is 13.7. The van der Waals surface area contributed by atoms with Gasteiger partial charge in [0.1, 0.15) is 12.4 Å². The number of benzene rings is 2. The Morgan fingerprint density at radius 3 is 2.29 bits per heavy atom. The molecule has 0 unspecified atom stereocenters. The molecule has 1 aliphatic carbocycles. The third-order valence-electron chi connectivity index (χ3n) is 6.14. The first-order chi connectivity index (χ1) is 13.2. The van der Waals surface area contributed by atoms with Crippen LogP contribution in [0.25, 0.3) is 5.57 Å². The molecule has 0 atom stereocenters. The molecule has 0 bridgehead atoms. The standard InChI is InChI=1S/C26H31NO/c1-7-20(16-27)21-12-13-22-23(26(5,6)15-14-25(22,3)4)24(21)28-17-19-10-8-18(2)9-11-19/h7-13H,14-15,17H2,1-6H3/b20-7-. The van der Waals surface area contributed by atoms with Crippen molar-refractivity contribution < 1.29 is 4.74 Å². The molecule has 0 saturated heterocycles. The van der Waals surface area contributed by atoms with E-state index < -0.39 is 0 Å². The van der Waals surface area contributed by atoms with E-state index in [0.717, 1.165) is 29.7 Å². The highest BCUT2D eigenvalue weighted by Gasteiger charge is 2.40. The van der Waals surface area contributed by atoms with Gasteiger partial charge in [-0.05, 0) is 54.7 Å². The minimum absolute atomic E-state index is 0.0117. The number of nitrogens with zero attached hydrogens (tertiary/aromatic N) is 1. The molecule has 0 heterocycles. The van der Waals surface area contributed by atoms with Gasteiger partial charge in [-0.25, -0.2) is 0 Å². The Balaban J connectivity index is 2.16. The molecule has 0 aromatic heterocycles. The Hall–Kier alpha value is -2.53. The molecule has 28 heavy (non-hydrogen) atoms. The van der Waals surface area contributed by atoms with Gasteiger partial charge in [-0.1, -0.05) is 69.7 Å². The van der Waals surface area contributed by atoms with Crippen molar-refractivity contribution in [3.8, 4) is 11.8 Å². The summed E-state index contributed by atoms with van der Waals surface area (Å²) in [7, 11) is 0. The lowest BCUT2D eigenvalue weighted by Gasteiger charge is -2.43. The number of ether oxygens (including phenoxy) is 1. The smallest absolute Gasteiger partial charge is 0.132 e. The van der Waals surface area contributed by atoms with Crippen LogP contribution in [-0.2, 0) is 17.4 Å². The van der Waals surface area contributed by atoms with Crippen molar-refractivity contribution in [2.75, 3.05) is 0 Å². The largest absolute Gasteiger partial charge is 0.488 e. The van der Waals surface area contributed by atoms with Crippen molar-refractivity contribution in [3.63, 3.8) is 0 Å². The second-order valence-corrected chi connectivity index (χ2v) is 9.22. The fraction of sp³-hybridized carbons (Fsp3) is 0.423. The van der Waals surface area contributed by atoms with Gasteiger partial charge in [-0.3, -0.25) is 0 Å². The molecular formula is C26H31NO. The number of rotatable bonds is 4. The van der Waals surface area contributed by atoms with Gasteiger partial charge >= 0.3 is 0 Å². The minimum Gasteiger partial charge on any atom is -0.488 e. The van der Waals surface area contributed by atoms with Gasteiger partial charge in [-0.2, -0.15) is 5.26 Å². The average molecular weight is 374 g/mol. The van der Waals surface area contributed by atoms with E-state index in [9.17, 15) is 5.26 Å². The molecule has 2 aromatic rings. The SMILES string of the molecule is C/C=C(/C#N)c1ccc2c(c1OCc1ccc(C)cc1)C(C)(C)CCC2(C)C. The Bertz CT molecular complexity index is 940. The summed E-state index contributed by atoms with van der Waals surface area (Å²) >= 11 is 0. The molecular weight excluding hydrogens is 342 g/mol. The predicted molar refractivity (Wildman–Crippen MR) is 117 cm³/mol. The van der Waals surface area contributed by atoms with Gasteiger partial charge in [0.2, 0.25) is 0 Å². The van der Waals surface area contributed by atoms with Gasteiger partial charge < -0.3 is 4.74 Å². The van der Waals surface area contributed by atoms with Gasteiger partial charge in [0.15, 0.2) is 0 Å². The van der Waals surface area contributed by atoms with Crippen molar-refractivity contribution in [2.45, 2.75) is 71.8 Å². The zero-order valence-electron chi connectivity index (χ0n) is 18.0. The van der Waals surface area contributed by atoms with Crippen LogP contribution in [0.5, 0.6) is 5.75 Å². The maximum absolute atomic E-state index is 9.68. The van der Waals surface area contributed by atoms with Crippen molar-refractivity contribution in [1.29, 1.82) is 5.26 Å². The van der Waals surface area contributed by atoms with E-state index in [1.165, 1.54) is 16.7 Å². The summed E-state index contributed by atoms with van der Waals surface area (Å²) in [5.41, 5.74) is 6.68. The zero-order chi connectivity index (χ0) is 20.5. The summed E-state index contributed by atoms with van der Waals surface area (Å²) in [5.74, 6) is 0.880. The van der Waals surface area contributed by atoms with Crippen LogP contribution in [0.4, 0.5) is 0 Å². The van der Waals surface area contributed by atoms with Gasteiger partial charge in [0.05, 0.1) is 11.6 Å².